The first kappa shape index (κ1) is 15.3. The van der Waals surface area contributed by atoms with Gasteiger partial charge in [0.25, 0.3) is 0 Å². The quantitative estimate of drug-likeness (QED) is 0.725. The molecule has 3 rings (SSSR count). The van der Waals surface area contributed by atoms with Crippen LogP contribution in [0, 0.1) is 13.8 Å². The molecule has 1 heterocycles. The normalized spacial score (nSPS) is 11.1. The van der Waals surface area contributed by atoms with Gasteiger partial charge >= 0.3 is 0 Å². The van der Waals surface area contributed by atoms with E-state index in [-0.39, 0.29) is 5.75 Å². The molecule has 120 valence electrons. The van der Waals surface area contributed by atoms with Crippen LogP contribution in [0.1, 0.15) is 30.9 Å². The van der Waals surface area contributed by atoms with Crippen LogP contribution in [0.25, 0.3) is 16.7 Å². The van der Waals surface area contributed by atoms with Crippen LogP contribution in [0.2, 0.25) is 0 Å². The molecule has 0 unspecified atom stereocenters. The molecule has 0 atom stereocenters. The molecule has 1 N–H and O–H groups in total. The monoisotopic (exact) mass is 311 g/mol. The number of fused-ring (bicyclic) bond motifs is 1. The van der Waals surface area contributed by atoms with Crippen molar-refractivity contribution in [3.8, 4) is 17.2 Å². The second-order valence-corrected chi connectivity index (χ2v) is 5.79. The third-order valence-electron chi connectivity index (χ3n) is 3.76. The van der Waals surface area contributed by atoms with Gasteiger partial charge in [-0.05, 0) is 49.6 Å². The molecule has 5 heteroatoms. The fraction of sp³-hybridized carbons (Fsp3) is 0.333. The summed E-state index contributed by atoms with van der Waals surface area (Å²) in [6, 6.07) is 9.48. The summed E-state index contributed by atoms with van der Waals surface area (Å²) in [5.74, 6) is 0.998. The van der Waals surface area contributed by atoms with E-state index in [0.29, 0.717) is 12.3 Å². The van der Waals surface area contributed by atoms with Gasteiger partial charge in [-0.15, -0.1) is 15.0 Å². The summed E-state index contributed by atoms with van der Waals surface area (Å²) in [6.07, 6.45) is 2.13. The number of unbranched alkanes of at least 4 members (excludes halogenated alkanes) is 1. The topological polar surface area (TPSA) is 60.2 Å². The van der Waals surface area contributed by atoms with Crippen LogP contribution in [0.3, 0.4) is 0 Å². The highest BCUT2D eigenvalue weighted by Gasteiger charge is 2.12. The largest absolute Gasteiger partial charge is 0.505 e. The molecule has 0 radical (unpaired) electrons. The van der Waals surface area contributed by atoms with E-state index >= 15 is 0 Å². The number of ether oxygens (including phenoxy) is 1. The van der Waals surface area contributed by atoms with E-state index in [0.717, 1.165) is 40.8 Å². The Morgan fingerprint density at radius 3 is 2.65 bits per heavy atom. The molecule has 0 spiro atoms. The molecule has 0 aliphatic heterocycles. The molecule has 2 aromatic carbocycles. The van der Waals surface area contributed by atoms with Gasteiger partial charge in [0, 0.05) is 6.07 Å². The second-order valence-electron chi connectivity index (χ2n) is 5.79. The molecular weight excluding hydrogens is 290 g/mol. The van der Waals surface area contributed by atoms with E-state index in [1.807, 2.05) is 44.2 Å². The van der Waals surface area contributed by atoms with E-state index < -0.39 is 0 Å². The minimum Gasteiger partial charge on any atom is -0.505 e. The molecule has 1 aromatic heterocycles. The second kappa shape index (κ2) is 6.28. The maximum atomic E-state index is 10.3. The Hall–Kier alpha value is -2.56. The lowest BCUT2D eigenvalue weighted by Crippen LogP contribution is -2.00. The predicted molar refractivity (Wildman–Crippen MR) is 90.4 cm³/mol. The standard InChI is InChI=1S/C18H21N3O2/c1-4-5-8-23-14-6-7-15-16(11-14)20-21(19-15)17-10-12(2)9-13(3)18(17)22/h6-7,9-11,22H,4-5,8H2,1-3H3. The van der Waals surface area contributed by atoms with Crippen LogP contribution < -0.4 is 4.74 Å². The average molecular weight is 311 g/mol. The highest BCUT2D eigenvalue weighted by molar-refractivity contribution is 5.76. The molecule has 0 amide bonds. The Morgan fingerprint density at radius 2 is 1.87 bits per heavy atom. The van der Waals surface area contributed by atoms with E-state index in [1.165, 1.54) is 4.80 Å². The highest BCUT2D eigenvalue weighted by atomic mass is 16.5. The Morgan fingerprint density at radius 1 is 1.09 bits per heavy atom. The summed E-state index contributed by atoms with van der Waals surface area (Å²) in [5.41, 5.74) is 3.97. The first-order valence-corrected chi connectivity index (χ1v) is 7.89. The zero-order chi connectivity index (χ0) is 16.4. The molecule has 3 aromatic rings. The van der Waals surface area contributed by atoms with Gasteiger partial charge in [0.2, 0.25) is 0 Å². The molecule has 0 aliphatic rings. The van der Waals surface area contributed by atoms with Crippen molar-refractivity contribution in [1.29, 1.82) is 0 Å². The molecular formula is C18H21N3O2. The fourth-order valence-corrected chi connectivity index (χ4v) is 2.52. The van der Waals surface area contributed by atoms with Crippen LogP contribution in [0.5, 0.6) is 11.5 Å². The van der Waals surface area contributed by atoms with Gasteiger partial charge in [-0.25, -0.2) is 0 Å². The van der Waals surface area contributed by atoms with Gasteiger partial charge in [0.15, 0.2) is 0 Å². The molecule has 0 saturated heterocycles. The molecule has 23 heavy (non-hydrogen) atoms. The Balaban J connectivity index is 1.97. The van der Waals surface area contributed by atoms with Crippen LogP contribution in [0.15, 0.2) is 30.3 Å². The van der Waals surface area contributed by atoms with Gasteiger partial charge in [-0.2, -0.15) is 0 Å². The molecule has 0 bridgehead atoms. The van der Waals surface area contributed by atoms with E-state index in [9.17, 15) is 5.11 Å². The summed E-state index contributed by atoms with van der Waals surface area (Å²) < 4.78 is 5.71. The molecule has 0 fully saturated rings. The first-order valence-electron chi connectivity index (χ1n) is 7.89. The maximum Gasteiger partial charge on any atom is 0.146 e. The summed E-state index contributed by atoms with van der Waals surface area (Å²) in [4.78, 5) is 1.48. The first-order chi connectivity index (χ1) is 11.1. The smallest absolute Gasteiger partial charge is 0.146 e. The van der Waals surface area contributed by atoms with Crippen molar-refractivity contribution in [1.82, 2.24) is 15.0 Å². The number of hydrogen-bond donors (Lipinski definition) is 1. The fourth-order valence-electron chi connectivity index (χ4n) is 2.52. The number of aromatic nitrogens is 3. The number of benzene rings is 2. The minimum atomic E-state index is 0.204. The number of nitrogens with zero attached hydrogens (tertiary/aromatic N) is 3. The molecule has 0 saturated carbocycles. The number of rotatable bonds is 5. The summed E-state index contributed by atoms with van der Waals surface area (Å²) in [7, 11) is 0. The van der Waals surface area contributed by atoms with Crippen molar-refractivity contribution in [3.63, 3.8) is 0 Å². The summed E-state index contributed by atoms with van der Waals surface area (Å²) in [6.45, 7) is 6.69. The van der Waals surface area contributed by atoms with Gasteiger partial charge in [0.1, 0.15) is 28.2 Å². The summed E-state index contributed by atoms with van der Waals surface area (Å²) >= 11 is 0. The van der Waals surface area contributed by atoms with Crippen LogP contribution in [-0.4, -0.2) is 26.7 Å². The van der Waals surface area contributed by atoms with Crippen LogP contribution in [-0.2, 0) is 0 Å². The van der Waals surface area contributed by atoms with Gasteiger partial charge in [0.05, 0.1) is 6.61 Å². The zero-order valence-electron chi connectivity index (χ0n) is 13.7. The van der Waals surface area contributed by atoms with E-state index in [4.69, 9.17) is 4.74 Å². The Labute approximate surface area is 135 Å². The Bertz CT molecular complexity index is 840. The lowest BCUT2D eigenvalue weighted by Gasteiger charge is -2.07. The van der Waals surface area contributed by atoms with Crippen molar-refractivity contribution in [2.75, 3.05) is 6.61 Å². The van der Waals surface area contributed by atoms with Crippen molar-refractivity contribution >= 4 is 11.0 Å². The average Bonchev–Trinajstić information content (AvgIpc) is 2.94. The molecule has 0 aliphatic carbocycles. The Kier molecular flexibility index (Phi) is 4.19. The van der Waals surface area contributed by atoms with Crippen molar-refractivity contribution in [2.45, 2.75) is 33.6 Å². The number of phenolic OH excluding ortho intramolecular Hbond substituents is 1. The van der Waals surface area contributed by atoms with Crippen molar-refractivity contribution < 1.29 is 9.84 Å². The maximum absolute atomic E-state index is 10.3. The van der Waals surface area contributed by atoms with E-state index in [1.54, 1.807) is 0 Å². The number of phenols is 1. The number of hydrogen-bond acceptors (Lipinski definition) is 4. The lowest BCUT2D eigenvalue weighted by molar-refractivity contribution is 0.310. The summed E-state index contributed by atoms with van der Waals surface area (Å²) in [5, 5.41) is 19.2. The van der Waals surface area contributed by atoms with Gasteiger partial charge in [-0.1, -0.05) is 19.4 Å². The third-order valence-corrected chi connectivity index (χ3v) is 3.76. The van der Waals surface area contributed by atoms with E-state index in [2.05, 4.69) is 17.1 Å². The van der Waals surface area contributed by atoms with Crippen molar-refractivity contribution in [3.05, 3.63) is 41.5 Å². The van der Waals surface area contributed by atoms with Gasteiger partial charge < -0.3 is 9.84 Å². The molecule has 5 nitrogen and oxygen atoms in total. The van der Waals surface area contributed by atoms with Crippen LogP contribution in [0.4, 0.5) is 0 Å². The minimum absolute atomic E-state index is 0.204. The number of aromatic hydroxyl groups is 1. The third kappa shape index (κ3) is 3.13. The number of aryl methyl sites for hydroxylation is 2. The highest BCUT2D eigenvalue weighted by Crippen LogP contribution is 2.27. The van der Waals surface area contributed by atoms with Crippen molar-refractivity contribution in [2.24, 2.45) is 0 Å². The predicted octanol–water partition coefficient (Wildman–Crippen LogP) is 3.92. The lowest BCUT2D eigenvalue weighted by atomic mass is 10.1. The van der Waals surface area contributed by atoms with Crippen LogP contribution >= 0.6 is 0 Å². The van der Waals surface area contributed by atoms with Gasteiger partial charge in [-0.3, -0.25) is 0 Å². The SMILES string of the molecule is CCCCOc1ccc2nn(-c3cc(C)cc(C)c3O)nc2c1. The zero-order valence-corrected chi connectivity index (χ0v) is 13.7.